The highest BCUT2D eigenvalue weighted by atomic mass is 32.2. The molecule has 0 radical (unpaired) electrons. The number of aromatic nitrogens is 5. The number of hydrogen-bond donors (Lipinski definition) is 4. The summed E-state index contributed by atoms with van der Waals surface area (Å²) in [6.07, 6.45) is -1.64. The van der Waals surface area contributed by atoms with Gasteiger partial charge in [0, 0.05) is 28.2 Å². The Morgan fingerprint density at radius 3 is 2.61 bits per heavy atom. The number of carbonyl (C=O) groups excluding carboxylic acids is 4. The number of oxime groups is 1. The lowest BCUT2D eigenvalue weighted by molar-refractivity contribution is -0.153. The van der Waals surface area contributed by atoms with E-state index in [9.17, 15) is 29.1 Å². The number of primary amides is 1. The number of rotatable bonds is 9. The summed E-state index contributed by atoms with van der Waals surface area (Å²) < 4.78 is 6.40. The average molecular weight is 691 g/mol. The number of anilines is 1. The standard InChI is InChI=1S/C25H26N10O8S3/c1-9-5-12(35-23(28-9)31-16(32-35)15(26)36)44-6-10-7-45-20-14(18(38)34(20)19(10)42-24(40)41)30-17(37)13(11-8-46-22(27)29-11)33-43-21(39)25(2,3)4/h5,8,14,20H,6-7H2,1-4H3,(H2,26,36)(H2,27,29)(H,30,37)(H,40,41)/b33-13-/t14-,20-/m1/s1. The quantitative estimate of drug-likeness (QED) is 0.0464. The van der Waals surface area contributed by atoms with Crippen LogP contribution < -0.4 is 16.8 Å². The normalized spacial score (nSPS) is 18.2. The van der Waals surface area contributed by atoms with Crippen LogP contribution in [0.1, 0.15) is 42.8 Å². The number of aryl methyl sites for hydroxylation is 1. The van der Waals surface area contributed by atoms with Gasteiger partial charge in [0.2, 0.25) is 11.7 Å². The van der Waals surface area contributed by atoms with E-state index < -0.39 is 46.7 Å². The minimum Gasteiger partial charge on any atom is -0.449 e. The monoisotopic (exact) mass is 690 g/mol. The van der Waals surface area contributed by atoms with Crippen LogP contribution in [0, 0.1) is 12.3 Å². The van der Waals surface area contributed by atoms with Crippen LogP contribution in [0.4, 0.5) is 9.93 Å². The zero-order chi connectivity index (χ0) is 33.5. The molecule has 0 bridgehead atoms. The third-order valence-electron chi connectivity index (χ3n) is 6.30. The van der Waals surface area contributed by atoms with Crippen LogP contribution in [0.3, 0.4) is 0 Å². The maximum absolute atomic E-state index is 13.3. The lowest BCUT2D eigenvalue weighted by Gasteiger charge is -2.49. The third kappa shape index (κ3) is 6.60. The van der Waals surface area contributed by atoms with Gasteiger partial charge in [-0.05, 0) is 33.8 Å². The molecule has 242 valence electrons. The fraction of sp³-hybridized carbons (Fsp3) is 0.360. The maximum atomic E-state index is 13.3. The van der Waals surface area contributed by atoms with Crippen molar-refractivity contribution in [2.45, 2.75) is 44.1 Å². The Hall–Kier alpha value is -4.76. The Morgan fingerprint density at radius 1 is 1.24 bits per heavy atom. The van der Waals surface area contributed by atoms with Crippen molar-refractivity contribution in [3.63, 3.8) is 0 Å². The summed E-state index contributed by atoms with van der Waals surface area (Å²) in [5, 5.41) is 21.2. The second-order valence-electron chi connectivity index (χ2n) is 10.8. The van der Waals surface area contributed by atoms with Crippen molar-refractivity contribution >= 4 is 81.3 Å². The summed E-state index contributed by atoms with van der Waals surface area (Å²) in [7, 11) is 0. The molecule has 3 aromatic rings. The molecule has 1 fully saturated rings. The van der Waals surface area contributed by atoms with Gasteiger partial charge >= 0.3 is 12.1 Å². The van der Waals surface area contributed by atoms with Gasteiger partial charge in [-0.25, -0.2) is 19.6 Å². The summed E-state index contributed by atoms with van der Waals surface area (Å²) in [5.41, 5.74) is 10.8. The number of thioether (sulfide) groups is 2. The number of ether oxygens (including phenoxy) is 1. The second-order valence-corrected chi connectivity index (χ2v) is 13.8. The first kappa shape index (κ1) is 32.6. The van der Waals surface area contributed by atoms with Crippen LogP contribution in [0.2, 0.25) is 0 Å². The van der Waals surface area contributed by atoms with Crippen molar-refractivity contribution in [3.8, 4) is 0 Å². The molecule has 5 rings (SSSR count). The van der Waals surface area contributed by atoms with E-state index in [4.69, 9.17) is 21.0 Å². The van der Waals surface area contributed by atoms with Gasteiger partial charge in [0.25, 0.3) is 23.5 Å². The average Bonchev–Trinajstić information content (AvgIpc) is 3.60. The molecule has 2 aliphatic rings. The van der Waals surface area contributed by atoms with E-state index in [-0.39, 0.29) is 45.5 Å². The predicted octanol–water partition coefficient (Wildman–Crippen LogP) is 0.962. The molecule has 0 aliphatic carbocycles. The number of nitrogens with one attached hydrogen (secondary N) is 1. The SMILES string of the molecule is Cc1cc(SCC2=C(OC(=O)O)N3C(=O)[C@@H](NC(=O)/C(=N\OC(=O)C(C)(C)C)c4csc(N)n4)[C@H]3SC2)n2nc(C(N)=O)nc2n1. The first-order valence-corrected chi connectivity index (χ1v) is 16.1. The Balaban J connectivity index is 1.36. The van der Waals surface area contributed by atoms with Crippen LogP contribution in [0.25, 0.3) is 5.78 Å². The number of carboxylic acid groups (broad SMARTS) is 1. The number of amides is 3. The molecule has 3 amide bonds. The van der Waals surface area contributed by atoms with Crippen LogP contribution in [0.15, 0.2) is 33.1 Å². The highest BCUT2D eigenvalue weighted by Crippen LogP contribution is 2.42. The molecule has 6 N–H and O–H groups in total. The fourth-order valence-corrected chi connectivity index (χ4v) is 7.11. The van der Waals surface area contributed by atoms with Crippen molar-refractivity contribution in [1.82, 2.24) is 34.8 Å². The van der Waals surface area contributed by atoms with Gasteiger partial charge < -0.3 is 31.5 Å². The first-order valence-electron chi connectivity index (χ1n) is 13.2. The van der Waals surface area contributed by atoms with E-state index in [2.05, 4.69) is 30.5 Å². The highest BCUT2D eigenvalue weighted by Gasteiger charge is 2.54. The number of fused-ring (bicyclic) bond motifs is 2. The zero-order valence-corrected chi connectivity index (χ0v) is 27.0. The number of thiazole rings is 1. The lowest BCUT2D eigenvalue weighted by atomic mass is 9.98. The van der Waals surface area contributed by atoms with Crippen LogP contribution in [0.5, 0.6) is 0 Å². The maximum Gasteiger partial charge on any atom is 0.512 e. The third-order valence-corrected chi connectivity index (χ3v) is 9.39. The molecule has 0 unspecified atom stereocenters. The fourth-order valence-electron chi connectivity index (χ4n) is 4.07. The van der Waals surface area contributed by atoms with E-state index in [0.29, 0.717) is 16.3 Å². The molecule has 2 atom stereocenters. The minimum absolute atomic E-state index is 0.0338. The molecular formula is C25H26N10O8S3. The molecule has 2 aliphatic heterocycles. The molecule has 21 heteroatoms. The molecule has 0 aromatic carbocycles. The smallest absolute Gasteiger partial charge is 0.449 e. The Kier molecular flexibility index (Phi) is 8.91. The van der Waals surface area contributed by atoms with Crippen molar-refractivity contribution in [3.05, 3.63) is 40.1 Å². The molecule has 46 heavy (non-hydrogen) atoms. The van der Waals surface area contributed by atoms with Gasteiger partial charge in [-0.1, -0.05) is 5.16 Å². The van der Waals surface area contributed by atoms with Gasteiger partial charge in [0.15, 0.2) is 10.8 Å². The number of nitrogens with two attached hydrogens (primary N) is 2. The van der Waals surface area contributed by atoms with E-state index in [0.717, 1.165) is 16.2 Å². The number of nitrogen functional groups attached to an aromatic ring is 1. The van der Waals surface area contributed by atoms with Gasteiger partial charge in [0.05, 0.1) is 5.41 Å². The lowest BCUT2D eigenvalue weighted by Crippen LogP contribution is -2.70. The first-order chi connectivity index (χ1) is 21.6. The summed E-state index contributed by atoms with van der Waals surface area (Å²) >= 11 is 3.52. The summed E-state index contributed by atoms with van der Waals surface area (Å²) in [6, 6.07) is 0.603. The van der Waals surface area contributed by atoms with Crippen molar-refractivity contribution in [2.75, 3.05) is 17.2 Å². The highest BCUT2D eigenvalue weighted by molar-refractivity contribution is 8.01. The zero-order valence-electron chi connectivity index (χ0n) is 24.5. The Morgan fingerprint density at radius 2 is 1.98 bits per heavy atom. The van der Waals surface area contributed by atoms with E-state index in [1.807, 2.05) is 0 Å². The Bertz CT molecular complexity index is 1850. The largest absolute Gasteiger partial charge is 0.512 e. The molecule has 0 saturated carbocycles. The number of β-lactam (4-membered cyclic amide) rings is 1. The van der Waals surface area contributed by atoms with Crippen LogP contribution in [-0.2, 0) is 24.0 Å². The van der Waals surface area contributed by atoms with E-state index in [1.54, 1.807) is 33.8 Å². The van der Waals surface area contributed by atoms with Gasteiger partial charge in [0.1, 0.15) is 22.1 Å². The Labute approximate surface area is 272 Å². The molecule has 3 aromatic heterocycles. The van der Waals surface area contributed by atoms with E-state index in [1.165, 1.54) is 33.4 Å². The van der Waals surface area contributed by atoms with Crippen molar-refractivity contribution in [2.24, 2.45) is 16.3 Å². The molecule has 18 nitrogen and oxygen atoms in total. The minimum atomic E-state index is -1.64. The summed E-state index contributed by atoms with van der Waals surface area (Å²) in [6.45, 7) is 6.55. The van der Waals surface area contributed by atoms with Crippen molar-refractivity contribution in [1.29, 1.82) is 0 Å². The predicted molar refractivity (Wildman–Crippen MR) is 165 cm³/mol. The molecule has 0 spiro atoms. The van der Waals surface area contributed by atoms with Crippen LogP contribution >= 0.6 is 34.9 Å². The van der Waals surface area contributed by atoms with Crippen LogP contribution in [-0.4, -0.2) is 93.1 Å². The summed E-state index contributed by atoms with van der Waals surface area (Å²) in [4.78, 5) is 80.6. The molecule has 1 saturated heterocycles. The molecular weight excluding hydrogens is 665 g/mol. The number of carbonyl (C=O) groups is 5. The van der Waals surface area contributed by atoms with Gasteiger partial charge in [-0.15, -0.1) is 40.0 Å². The van der Waals surface area contributed by atoms with Gasteiger partial charge in [-0.2, -0.15) is 9.50 Å². The van der Waals surface area contributed by atoms with E-state index >= 15 is 0 Å². The number of hydrogen-bond acceptors (Lipinski definition) is 16. The topological polar surface area (TPSA) is 260 Å². The van der Waals surface area contributed by atoms with Gasteiger partial charge in [-0.3, -0.25) is 19.3 Å². The summed E-state index contributed by atoms with van der Waals surface area (Å²) in [5.74, 6) is -2.89. The second kappa shape index (κ2) is 12.6. The molecule has 5 heterocycles. The number of nitrogens with zero attached hydrogens (tertiary/aromatic N) is 7. The van der Waals surface area contributed by atoms with Crippen molar-refractivity contribution < 1.29 is 38.7 Å².